The van der Waals surface area contributed by atoms with Gasteiger partial charge in [-0.1, -0.05) is 28.1 Å². The highest BCUT2D eigenvalue weighted by atomic mass is 79.9. The number of hydrogen-bond acceptors (Lipinski definition) is 4. The van der Waals surface area contributed by atoms with Crippen molar-refractivity contribution in [3.8, 4) is 17.0 Å². The topological polar surface area (TPSA) is 90.4 Å². The number of hydrogen-bond donors (Lipinski definition) is 3. The van der Waals surface area contributed by atoms with Gasteiger partial charge in [0, 0.05) is 15.6 Å². The number of rotatable bonds is 4. The average molecular weight is 492 g/mol. The van der Waals surface area contributed by atoms with Crippen molar-refractivity contribution >= 4 is 44.0 Å². The summed E-state index contributed by atoms with van der Waals surface area (Å²) in [6.07, 6.45) is 1.36. The fraction of sp³-hybridized carbons (Fsp3) is 0.105. The molecule has 0 radical (unpaired) electrons. The monoisotopic (exact) mass is 490 g/mol. The van der Waals surface area contributed by atoms with E-state index < -0.39 is 5.91 Å². The molecule has 8 heteroatoms. The number of nitrogens with zero attached hydrogens (tertiary/aromatic N) is 2. The number of H-pyrrole nitrogens is 1. The summed E-state index contributed by atoms with van der Waals surface area (Å²) in [5.41, 5.74) is 7.13. The van der Waals surface area contributed by atoms with E-state index in [9.17, 15) is 9.90 Å². The molecule has 1 aromatic heterocycles. The second-order valence-corrected chi connectivity index (χ2v) is 7.76. The average Bonchev–Trinajstić information content (AvgIpc) is 3.11. The Morgan fingerprint density at radius 3 is 2.70 bits per heavy atom. The predicted octanol–water partition coefficient (Wildman–Crippen LogP) is 4.69. The van der Waals surface area contributed by atoms with Gasteiger partial charge in [0.25, 0.3) is 5.91 Å². The number of halogens is 2. The minimum Gasteiger partial charge on any atom is -0.506 e. The number of benzene rings is 2. The summed E-state index contributed by atoms with van der Waals surface area (Å²) in [4.78, 5) is 12.2. The van der Waals surface area contributed by atoms with Crippen molar-refractivity contribution in [1.29, 1.82) is 0 Å². The molecule has 3 N–H and O–H groups in total. The van der Waals surface area contributed by atoms with Crippen LogP contribution in [0.5, 0.6) is 5.75 Å². The van der Waals surface area contributed by atoms with Gasteiger partial charge in [-0.2, -0.15) is 10.2 Å². The van der Waals surface area contributed by atoms with Crippen LogP contribution in [0.1, 0.15) is 27.2 Å². The van der Waals surface area contributed by atoms with Crippen LogP contribution in [0.25, 0.3) is 11.3 Å². The number of hydrazone groups is 1. The molecule has 0 saturated heterocycles. The standard InChI is InChI=1S/C19H16Br2N4O2/c1-10-3-4-12(5-11(10)2)16-8-17(24-23-16)19(27)25-22-9-13-6-14(20)7-15(21)18(13)26/h3-9,26H,1-2H3,(H,23,24)(H,25,27). The largest absolute Gasteiger partial charge is 0.506 e. The summed E-state index contributed by atoms with van der Waals surface area (Å²) >= 11 is 6.58. The second kappa shape index (κ2) is 8.06. The van der Waals surface area contributed by atoms with E-state index in [0.29, 0.717) is 21.4 Å². The van der Waals surface area contributed by atoms with Gasteiger partial charge in [-0.3, -0.25) is 9.89 Å². The van der Waals surface area contributed by atoms with Crippen molar-refractivity contribution in [3.05, 3.63) is 67.7 Å². The van der Waals surface area contributed by atoms with Crippen LogP contribution in [0.2, 0.25) is 0 Å². The smallest absolute Gasteiger partial charge is 0.289 e. The van der Waals surface area contributed by atoms with Crippen LogP contribution in [-0.2, 0) is 0 Å². The summed E-state index contributed by atoms with van der Waals surface area (Å²) in [5.74, 6) is -0.392. The molecule has 0 atom stereocenters. The van der Waals surface area contributed by atoms with Gasteiger partial charge in [0.05, 0.1) is 16.4 Å². The summed E-state index contributed by atoms with van der Waals surface area (Å²) in [5, 5.41) is 20.8. The van der Waals surface area contributed by atoms with E-state index in [4.69, 9.17) is 0 Å². The number of phenolic OH excluding ortho intramolecular Hbond substituents is 1. The fourth-order valence-corrected chi connectivity index (χ4v) is 3.65. The third-order valence-electron chi connectivity index (χ3n) is 4.05. The highest BCUT2D eigenvalue weighted by Gasteiger charge is 2.11. The van der Waals surface area contributed by atoms with Crippen LogP contribution in [0.15, 0.2) is 50.4 Å². The third-order valence-corrected chi connectivity index (χ3v) is 5.11. The fourth-order valence-electron chi connectivity index (χ4n) is 2.39. The quantitative estimate of drug-likeness (QED) is 0.365. The van der Waals surface area contributed by atoms with Crippen molar-refractivity contribution in [2.45, 2.75) is 13.8 Å². The van der Waals surface area contributed by atoms with Gasteiger partial charge < -0.3 is 5.11 Å². The minimum absolute atomic E-state index is 0.0368. The Labute approximate surface area is 173 Å². The second-order valence-electron chi connectivity index (χ2n) is 5.99. The number of aromatic amines is 1. The molecule has 3 rings (SSSR count). The summed E-state index contributed by atoms with van der Waals surface area (Å²) < 4.78 is 1.29. The van der Waals surface area contributed by atoms with Gasteiger partial charge in [0.15, 0.2) is 0 Å². The molecule has 27 heavy (non-hydrogen) atoms. The number of carbonyl (C=O) groups excluding carboxylic acids is 1. The molecule has 1 heterocycles. The first-order chi connectivity index (χ1) is 12.8. The molecule has 1 amide bonds. The Kier molecular flexibility index (Phi) is 5.76. The Bertz CT molecular complexity index is 1040. The number of carbonyl (C=O) groups is 1. The Hall–Kier alpha value is -2.45. The number of nitrogens with one attached hydrogen (secondary N) is 2. The molecule has 0 aliphatic carbocycles. The molecule has 3 aromatic rings. The van der Waals surface area contributed by atoms with Gasteiger partial charge in [0.2, 0.25) is 0 Å². The van der Waals surface area contributed by atoms with Gasteiger partial charge >= 0.3 is 0 Å². The van der Waals surface area contributed by atoms with Crippen LogP contribution in [0, 0.1) is 13.8 Å². The van der Waals surface area contributed by atoms with Gasteiger partial charge in [-0.25, -0.2) is 5.43 Å². The SMILES string of the molecule is Cc1ccc(-c2cc(C(=O)NN=Cc3cc(Br)cc(Br)c3O)[nH]n2)cc1C. The molecule has 0 spiro atoms. The number of phenols is 1. The number of aromatic hydroxyl groups is 1. The Morgan fingerprint density at radius 2 is 1.96 bits per heavy atom. The van der Waals surface area contributed by atoms with E-state index in [0.717, 1.165) is 15.6 Å². The molecule has 0 bridgehead atoms. The zero-order chi connectivity index (χ0) is 19.6. The van der Waals surface area contributed by atoms with E-state index in [-0.39, 0.29) is 5.75 Å². The number of aryl methyl sites for hydroxylation is 2. The first-order valence-electron chi connectivity index (χ1n) is 7.99. The normalized spacial score (nSPS) is 11.1. The molecule has 2 aromatic carbocycles. The van der Waals surface area contributed by atoms with Gasteiger partial charge in [0.1, 0.15) is 11.4 Å². The van der Waals surface area contributed by atoms with Crippen LogP contribution in [0.3, 0.4) is 0 Å². The lowest BCUT2D eigenvalue weighted by atomic mass is 10.0. The van der Waals surface area contributed by atoms with E-state index in [1.54, 1.807) is 18.2 Å². The van der Waals surface area contributed by atoms with Crippen LogP contribution in [-0.4, -0.2) is 27.4 Å². The lowest BCUT2D eigenvalue weighted by Gasteiger charge is -2.03. The highest BCUT2D eigenvalue weighted by molar-refractivity contribution is 9.11. The molecular formula is C19H16Br2N4O2. The number of aromatic nitrogens is 2. The predicted molar refractivity (Wildman–Crippen MR) is 112 cm³/mol. The maximum Gasteiger partial charge on any atom is 0.289 e. The summed E-state index contributed by atoms with van der Waals surface area (Å²) in [6.45, 7) is 4.08. The maximum atomic E-state index is 12.2. The Morgan fingerprint density at radius 1 is 1.19 bits per heavy atom. The summed E-state index contributed by atoms with van der Waals surface area (Å²) in [6, 6.07) is 11.1. The first kappa shape index (κ1) is 19.3. The molecule has 0 saturated carbocycles. The molecule has 0 aliphatic heterocycles. The lowest BCUT2D eigenvalue weighted by molar-refractivity contribution is 0.0950. The molecular weight excluding hydrogens is 476 g/mol. The molecule has 0 unspecified atom stereocenters. The van der Waals surface area contributed by atoms with E-state index >= 15 is 0 Å². The zero-order valence-corrected chi connectivity index (χ0v) is 17.7. The van der Waals surface area contributed by atoms with Crippen LogP contribution < -0.4 is 5.43 Å². The minimum atomic E-state index is -0.428. The molecule has 6 nitrogen and oxygen atoms in total. The van der Waals surface area contributed by atoms with Crippen molar-refractivity contribution in [1.82, 2.24) is 15.6 Å². The van der Waals surface area contributed by atoms with E-state index in [1.165, 1.54) is 11.8 Å². The van der Waals surface area contributed by atoms with Crippen LogP contribution >= 0.6 is 31.9 Å². The maximum absolute atomic E-state index is 12.2. The van der Waals surface area contributed by atoms with E-state index in [2.05, 4.69) is 52.6 Å². The summed E-state index contributed by atoms with van der Waals surface area (Å²) in [7, 11) is 0. The van der Waals surface area contributed by atoms with Gasteiger partial charge in [-0.05, 0) is 65.2 Å². The first-order valence-corrected chi connectivity index (χ1v) is 9.58. The molecule has 0 aliphatic rings. The van der Waals surface area contributed by atoms with Gasteiger partial charge in [-0.15, -0.1) is 0 Å². The van der Waals surface area contributed by atoms with Crippen molar-refractivity contribution < 1.29 is 9.90 Å². The Balaban J connectivity index is 1.72. The highest BCUT2D eigenvalue weighted by Crippen LogP contribution is 2.30. The number of amides is 1. The lowest BCUT2D eigenvalue weighted by Crippen LogP contribution is -2.18. The molecule has 138 valence electrons. The zero-order valence-electron chi connectivity index (χ0n) is 14.5. The van der Waals surface area contributed by atoms with Crippen LogP contribution in [0.4, 0.5) is 0 Å². The third kappa shape index (κ3) is 4.45. The van der Waals surface area contributed by atoms with Crippen molar-refractivity contribution in [2.24, 2.45) is 5.10 Å². The van der Waals surface area contributed by atoms with Crippen molar-refractivity contribution in [3.63, 3.8) is 0 Å². The molecule has 0 fully saturated rings. The van der Waals surface area contributed by atoms with E-state index in [1.807, 2.05) is 32.0 Å². The van der Waals surface area contributed by atoms with Crippen molar-refractivity contribution in [2.75, 3.05) is 0 Å².